The summed E-state index contributed by atoms with van der Waals surface area (Å²) in [6, 6.07) is 10.4. The first-order chi connectivity index (χ1) is 17.2. The fraction of sp³-hybridized carbons (Fsp3) is 0.462. The van der Waals surface area contributed by atoms with Crippen LogP contribution in [0.1, 0.15) is 66.1 Å². The Morgan fingerprint density at radius 3 is 2.47 bits per heavy atom. The fourth-order valence-electron chi connectivity index (χ4n) is 5.52. The van der Waals surface area contributed by atoms with Crippen molar-refractivity contribution in [2.24, 2.45) is 0 Å². The second kappa shape index (κ2) is 10.8. The molecule has 4 atom stereocenters. The fourth-order valence-corrected chi connectivity index (χ4v) is 6.47. The van der Waals surface area contributed by atoms with Crippen LogP contribution in [0.3, 0.4) is 0 Å². The zero-order valence-corrected chi connectivity index (χ0v) is 22.1. The zero-order chi connectivity index (χ0) is 26.0. The molecule has 1 saturated carbocycles. The van der Waals surface area contributed by atoms with E-state index in [0.717, 1.165) is 19.1 Å². The van der Waals surface area contributed by atoms with Gasteiger partial charge in [0.2, 0.25) is 10.0 Å². The molecule has 1 heterocycles. The van der Waals surface area contributed by atoms with Crippen molar-refractivity contribution in [2.45, 2.75) is 56.7 Å². The molecule has 194 valence electrons. The molecule has 1 fully saturated rings. The molecule has 0 unspecified atom stereocenters. The average Bonchev–Trinajstić information content (AvgIpc) is 2.84. The summed E-state index contributed by atoms with van der Waals surface area (Å²) in [4.78, 5) is 29.4. The number of nitrogens with one attached hydrogen (secondary N) is 1. The van der Waals surface area contributed by atoms with Gasteiger partial charge in [-0.1, -0.05) is 42.6 Å². The highest BCUT2D eigenvalue weighted by atomic mass is 35.5. The van der Waals surface area contributed by atoms with Crippen LogP contribution in [0.25, 0.3) is 0 Å². The lowest BCUT2D eigenvalue weighted by atomic mass is 9.76. The third kappa shape index (κ3) is 5.23. The van der Waals surface area contributed by atoms with Gasteiger partial charge in [-0.2, -0.15) is 0 Å². The molecule has 2 aromatic carbocycles. The highest BCUT2D eigenvalue weighted by molar-refractivity contribution is 7.88. The van der Waals surface area contributed by atoms with Crippen LogP contribution in [-0.4, -0.2) is 57.3 Å². The van der Waals surface area contributed by atoms with Gasteiger partial charge in [-0.15, -0.1) is 0 Å². The molecule has 1 aliphatic heterocycles. The number of carbonyl (C=O) groups is 2. The molecule has 2 aliphatic rings. The minimum absolute atomic E-state index is 0.169. The summed E-state index contributed by atoms with van der Waals surface area (Å²) in [5, 5.41) is 0.521. The highest BCUT2D eigenvalue weighted by Crippen LogP contribution is 2.49. The molecule has 1 N–H and O–H groups in total. The molecular weight excluding hydrogens is 504 g/mol. The molecule has 36 heavy (non-hydrogen) atoms. The van der Waals surface area contributed by atoms with E-state index in [1.54, 1.807) is 54.3 Å². The molecular formula is C26H31ClN2O6S. The Hall–Kier alpha value is -2.62. The van der Waals surface area contributed by atoms with E-state index in [-0.39, 0.29) is 12.5 Å². The van der Waals surface area contributed by atoms with Crippen LogP contribution >= 0.6 is 11.6 Å². The second-order valence-electron chi connectivity index (χ2n) is 9.21. The van der Waals surface area contributed by atoms with Crippen molar-refractivity contribution >= 4 is 33.5 Å². The number of nitrogens with zero attached hydrogens (tertiary/aromatic N) is 1. The lowest BCUT2D eigenvalue weighted by Gasteiger charge is -2.49. The van der Waals surface area contributed by atoms with Gasteiger partial charge >= 0.3 is 5.97 Å². The minimum Gasteiger partial charge on any atom is -0.496 e. The number of fused-ring (bicyclic) bond motifs is 1. The lowest BCUT2D eigenvalue weighted by Crippen LogP contribution is -2.58. The van der Waals surface area contributed by atoms with Gasteiger partial charge in [0.15, 0.2) is 0 Å². The van der Waals surface area contributed by atoms with E-state index >= 15 is 0 Å². The SMILES string of the molecule is CCOC(=O)[C@@H]1c2c(OC)cccc2C(=O)N([C@H]2CCCC[C@@H]2NS(C)(=O)=O)[C@H]1c1ccc(Cl)cc1. The molecule has 4 rings (SSSR count). The lowest BCUT2D eigenvalue weighted by molar-refractivity contribution is -0.147. The van der Waals surface area contributed by atoms with E-state index in [2.05, 4.69) is 4.72 Å². The first-order valence-electron chi connectivity index (χ1n) is 12.0. The Bertz CT molecular complexity index is 1230. The summed E-state index contributed by atoms with van der Waals surface area (Å²) < 4.78 is 38.3. The van der Waals surface area contributed by atoms with Gasteiger partial charge in [0.1, 0.15) is 11.7 Å². The van der Waals surface area contributed by atoms with Gasteiger partial charge in [0.05, 0.1) is 26.0 Å². The van der Waals surface area contributed by atoms with Gasteiger partial charge in [0, 0.05) is 28.2 Å². The maximum atomic E-state index is 14.2. The highest BCUT2D eigenvalue weighted by Gasteiger charge is 2.50. The Balaban J connectivity index is 1.96. The number of ether oxygens (including phenoxy) is 2. The maximum Gasteiger partial charge on any atom is 0.316 e. The summed E-state index contributed by atoms with van der Waals surface area (Å²) in [6.07, 6.45) is 3.97. The third-order valence-electron chi connectivity index (χ3n) is 6.88. The summed E-state index contributed by atoms with van der Waals surface area (Å²) in [5.41, 5.74) is 1.52. The second-order valence-corrected chi connectivity index (χ2v) is 11.4. The number of amides is 1. The number of methoxy groups -OCH3 is 1. The Morgan fingerprint density at radius 1 is 1.14 bits per heavy atom. The Labute approximate surface area is 217 Å². The standard InChI is InChI=1S/C26H31ClN2O6S/c1-4-35-26(31)23-22-18(8-7-11-21(22)34-2)25(30)29(24(23)16-12-14-17(27)15-13-16)20-10-6-5-9-19(20)28-36(3,32)33/h7-8,11-15,19-20,23-24,28H,4-6,9-10H2,1-3H3/t19-,20-,23+,24-/m0/s1. The summed E-state index contributed by atoms with van der Waals surface area (Å²) >= 11 is 6.17. The predicted octanol–water partition coefficient (Wildman–Crippen LogP) is 4.05. The van der Waals surface area contributed by atoms with Crippen LogP contribution in [0.15, 0.2) is 42.5 Å². The largest absolute Gasteiger partial charge is 0.496 e. The van der Waals surface area contributed by atoms with E-state index in [1.807, 2.05) is 0 Å². The van der Waals surface area contributed by atoms with Crippen molar-refractivity contribution in [3.05, 3.63) is 64.2 Å². The Morgan fingerprint density at radius 2 is 1.83 bits per heavy atom. The van der Waals surface area contributed by atoms with Crippen LogP contribution in [0.5, 0.6) is 5.75 Å². The number of carbonyl (C=O) groups excluding carboxylic acids is 2. The maximum absolute atomic E-state index is 14.2. The van der Waals surface area contributed by atoms with Crippen LogP contribution in [0.2, 0.25) is 5.02 Å². The molecule has 0 saturated heterocycles. The van der Waals surface area contributed by atoms with Crippen molar-refractivity contribution in [3.8, 4) is 5.75 Å². The minimum atomic E-state index is -3.53. The van der Waals surface area contributed by atoms with Crippen molar-refractivity contribution in [2.75, 3.05) is 20.0 Å². The number of esters is 1. The number of halogens is 1. The van der Waals surface area contributed by atoms with Crippen LogP contribution in [0, 0.1) is 0 Å². The first kappa shape index (κ1) is 26.4. The molecule has 10 heteroatoms. The Kier molecular flexibility index (Phi) is 7.92. The molecule has 0 bridgehead atoms. The normalized spacial score (nSPS) is 24.2. The van der Waals surface area contributed by atoms with E-state index in [9.17, 15) is 18.0 Å². The van der Waals surface area contributed by atoms with Gasteiger partial charge in [-0.05, 0) is 49.6 Å². The van der Waals surface area contributed by atoms with Gasteiger partial charge in [-0.3, -0.25) is 9.59 Å². The van der Waals surface area contributed by atoms with Gasteiger partial charge < -0.3 is 14.4 Å². The number of hydrogen-bond donors (Lipinski definition) is 1. The summed E-state index contributed by atoms with van der Waals surface area (Å²) in [6.45, 7) is 1.90. The third-order valence-corrected chi connectivity index (χ3v) is 7.86. The predicted molar refractivity (Wildman–Crippen MR) is 137 cm³/mol. The van der Waals surface area contributed by atoms with Crippen molar-refractivity contribution in [1.29, 1.82) is 0 Å². The van der Waals surface area contributed by atoms with Crippen molar-refractivity contribution < 1.29 is 27.5 Å². The molecule has 1 aliphatic carbocycles. The van der Waals surface area contributed by atoms with Gasteiger partial charge in [0.25, 0.3) is 5.91 Å². The first-order valence-corrected chi connectivity index (χ1v) is 14.3. The molecule has 8 nitrogen and oxygen atoms in total. The topological polar surface area (TPSA) is 102 Å². The summed E-state index contributed by atoms with van der Waals surface area (Å²) in [7, 11) is -2.03. The number of rotatable bonds is 7. The molecule has 1 amide bonds. The molecule has 2 aromatic rings. The van der Waals surface area contributed by atoms with Crippen molar-refractivity contribution in [3.63, 3.8) is 0 Å². The van der Waals surface area contributed by atoms with Crippen LogP contribution in [-0.2, 0) is 19.6 Å². The van der Waals surface area contributed by atoms with Gasteiger partial charge in [-0.25, -0.2) is 13.1 Å². The quantitative estimate of drug-likeness (QED) is 0.538. The number of hydrogen-bond acceptors (Lipinski definition) is 6. The van der Waals surface area contributed by atoms with E-state index in [0.29, 0.717) is 40.3 Å². The monoisotopic (exact) mass is 534 g/mol. The number of sulfonamides is 1. The van der Waals surface area contributed by atoms with Crippen LogP contribution < -0.4 is 9.46 Å². The van der Waals surface area contributed by atoms with E-state index in [1.165, 1.54) is 7.11 Å². The number of benzene rings is 2. The van der Waals surface area contributed by atoms with Crippen LogP contribution in [0.4, 0.5) is 0 Å². The molecule has 0 aromatic heterocycles. The zero-order valence-electron chi connectivity index (χ0n) is 20.6. The smallest absolute Gasteiger partial charge is 0.316 e. The van der Waals surface area contributed by atoms with E-state index in [4.69, 9.17) is 21.1 Å². The average molecular weight is 535 g/mol. The van der Waals surface area contributed by atoms with E-state index < -0.39 is 40.0 Å². The molecule has 0 radical (unpaired) electrons. The molecule has 0 spiro atoms. The summed E-state index contributed by atoms with van der Waals surface area (Å²) in [5.74, 6) is -1.22. The van der Waals surface area contributed by atoms with Crippen molar-refractivity contribution in [1.82, 2.24) is 9.62 Å².